The van der Waals surface area contributed by atoms with Gasteiger partial charge in [-0.15, -0.1) is 0 Å². The standard InChI is InChI=1S/C14H12Cl2N4S/c1-20(14(18)21)13(17)10-5-3-2-4-9(10)8-6-11(15)19-12(16)7-8/h2-7,17H,1H3,(H2,18,21). The van der Waals surface area contributed by atoms with E-state index in [1.165, 1.54) is 4.90 Å². The number of hydrogen-bond acceptors (Lipinski definition) is 3. The summed E-state index contributed by atoms with van der Waals surface area (Å²) in [5, 5.41) is 8.95. The van der Waals surface area contributed by atoms with Crippen molar-refractivity contribution in [2.24, 2.45) is 5.73 Å². The second-order valence-electron chi connectivity index (χ2n) is 4.29. The van der Waals surface area contributed by atoms with Gasteiger partial charge in [0.25, 0.3) is 0 Å². The molecule has 2 aromatic rings. The molecule has 0 aliphatic heterocycles. The van der Waals surface area contributed by atoms with E-state index in [1.807, 2.05) is 24.3 Å². The van der Waals surface area contributed by atoms with Crippen molar-refractivity contribution in [2.45, 2.75) is 0 Å². The number of nitrogens with one attached hydrogen (secondary N) is 1. The van der Waals surface area contributed by atoms with Gasteiger partial charge in [0, 0.05) is 12.6 Å². The molecule has 0 radical (unpaired) electrons. The van der Waals surface area contributed by atoms with Gasteiger partial charge in [-0.3, -0.25) is 5.41 Å². The molecule has 3 N–H and O–H groups in total. The van der Waals surface area contributed by atoms with Crippen molar-refractivity contribution in [1.29, 1.82) is 5.41 Å². The summed E-state index contributed by atoms with van der Waals surface area (Å²) in [5.41, 5.74) is 7.83. The Morgan fingerprint density at radius 1 is 1.24 bits per heavy atom. The Morgan fingerprint density at radius 3 is 2.38 bits per heavy atom. The number of aromatic nitrogens is 1. The minimum atomic E-state index is 0.126. The lowest BCUT2D eigenvalue weighted by Gasteiger charge is -2.20. The van der Waals surface area contributed by atoms with Gasteiger partial charge in [-0.1, -0.05) is 47.5 Å². The number of nitrogens with zero attached hydrogens (tertiary/aromatic N) is 2. The number of hydrogen-bond donors (Lipinski definition) is 2. The highest BCUT2D eigenvalue weighted by Crippen LogP contribution is 2.28. The molecule has 0 aliphatic rings. The number of benzene rings is 1. The van der Waals surface area contributed by atoms with Crippen LogP contribution in [0.4, 0.5) is 0 Å². The zero-order valence-corrected chi connectivity index (χ0v) is 13.4. The molecule has 21 heavy (non-hydrogen) atoms. The van der Waals surface area contributed by atoms with Gasteiger partial charge in [0.2, 0.25) is 0 Å². The molecule has 0 bridgehead atoms. The molecule has 1 aromatic carbocycles. The van der Waals surface area contributed by atoms with Crippen LogP contribution in [-0.2, 0) is 0 Å². The molecule has 0 aliphatic carbocycles. The van der Waals surface area contributed by atoms with E-state index in [0.717, 1.165) is 11.1 Å². The summed E-state index contributed by atoms with van der Waals surface area (Å²) < 4.78 is 0. The maximum Gasteiger partial charge on any atom is 0.171 e. The molecule has 0 atom stereocenters. The summed E-state index contributed by atoms with van der Waals surface area (Å²) >= 11 is 16.8. The van der Waals surface area contributed by atoms with E-state index >= 15 is 0 Å². The van der Waals surface area contributed by atoms with E-state index < -0.39 is 0 Å². The van der Waals surface area contributed by atoms with Crippen molar-refractivity contribution in [3.63, 3.8) is 0 Å². The van der Waals surface area contributed by atoms with Gasteiger partial charge in [0.15, 0.2) is 5.11 Å². The van der Waals surface area contributed by atoms with Gasteiger partial charge in [-0.2, -0.15) is 0 Å². The third kappa shape index (κ3) is 3.50. The molecule has 0 saturated heterocycles. The Labute approximate surface area is 138 Å². The molecule has 0 saturated carbocycles. The fourth-order valence-electron chi connectivity index (χ4n) is 1.85. The molecule has 0 amide bonds. The van der Waals surface area contributed by atoms with Crippen molar-refractivity contribution in [3.8, 4) is 11.1 Å². The minimum Gasteiger partial charge on any atom is -0.376 e. The topological polar surface area (TPSA) is 66.0 Å². The van der Waals surface area contributed by atoms with E-state index in [2.05, 4.69) is 4.98 Å². The van der Waals surface area contributed by atoms with E-state index in [1.54, 1.807) is 19.2 Å². The quantitative estimate of drug-likeness (QED) is 0.380. The number of nitrogens with two attached hydrogens (primary N) is 1. The van der Waals surface area contributed by atoms with Gasteiger partial charge < -0.3 is 10.6 Å². The van der Waals surface area contributed by atoms with Crippen LogP contribution in [-0.4, -0.2) is 27.9 Å². The first kappa shape index (κ1) is 15.7. The van der Waals surface area contributed by atoms with Gasteiger partial charge in [0.05, 0.1) is 0 Å². The van der Waals surface area contributed by atoms with Crippen LogP contribution in [0.5, 0.6) is 0 Å². The molecule has 108 valence electrons. The molecule has 0 fully saturated rings. The van der Waals surface area contributed by atoms with Gasteiger partial charge in [-0.25, -0.2) is 4.98 Å². The number of pyridine rings is 1. The van der Waals surface area contributed by atoms with Crippen LogP contribution < -0.4 is 5.73 Å². The Kier molecular flexibility index (Phi) is 4.77. The van der Waals surface area contributed by atoms with Crippen LogP contribution in [0, 0.1) is 5.41 Å². The average Bonchev–Trinajstić information content (AvgIpc) is 2.44. The van der Waals surface area contributed by atoms with Crippen LogP contribution in [0.2, 0.25) is 10.3 Å². The number of amidine groups is 1. The lowest BCUT2D eigenvalue weighted by atomic mass is 9.99. The smallest absolute Gasteiger partial charge is 0.171 e. The third-order valence-corrected chi connectivity index (χ3v) is 3.58. The molecule has 0 spiro atoms. The van der Waals surface area contributed by atoms with Crippen LogP contribution >= 0.6 is 35.4 Å². The number of rotatable bonds is 2. The van der Waals surface area contributed by atoms with Crippen LogP contribution in [0.1, 0.15) is 5.56 Å². The van der Waals surface area contributed by atoms with E-state index in [0.29, 0.717) is 15.9 Å². The lowest BCUT2D eigenvalue weighted by Crippen LogP contribution is -2.37. The van der Waals surface area contributed by atoms with Gasteiger partial charge in [-0.05, 0) is 35.5 Å². The molecular formula is C14H12Cl2N4S. The highest BCUT2D eigenvalue weighted by atomic mass is 35.5. The summed E-state index contributed by atoms with van der Waals surface area (Å²) in [6.45, 7) is 0. The highest BCUT2D eigenvalue weighted by molar-refractivity contribution is 7.80. The monoisotopic (exact) mass is 338 g/mol. The second kappa shape index (κ2) is 6.39. The lowest BCUT2D eigenvalue weighted by molar-refractivity contribution is 0.753. The Morgan fingerprint density at radius 2 is 1.81 bits per heavy atom. The maximum absolute atomic E-state index is 8.24. The molecule has 4 nitrogen and oxygen atoms in total. The molecule has 7 heteroatoms. The minimum absolute atomic E-state index is 0.126. The van der Waals surface area contributed by atoms with E-state index in [4.69, 9.17) is 46.6 Å². The van der Waals surface area contributed by atoms with Crippen LogP contribution in [0.25, 0.3) is 11.1 Å². The first-order valence-corrected chi connectivity index (χ1v) is 7.11. The second-order valence-corrected chi connectivity index (χ2v) is 5.49. The highest BCUT2D eigenvalue weighted by Gasteiger charge is 2.15. The molecule has 2 rings (SSSR count). The Hall–Kier alpha value is -1.69. The zero-order valence-electron chi connectivity index (χ0n) is 11.1. The first-order valence-electron chi connectivity index (χ1n) is 5.94. The summed E-state index contributed by atoms with van der Waals surface area (Å²) in [5.74, 6) is 0.196. The van der Waals surface area contributed by atoms with Crippen molar-refractivity contribution >= 4 is 46.4 Å². The molecule has 1 aromatic heterocycles. The van der Waals surface area contributed by atoms with Crippen LogP contribution in [0.3, 0.4) is 0 Å². The predicted molar refractivity (Wildman–Crippen MR) is 91.1 cm³/mol. The normalized spacial score (nSPS) is 10.2. The maximum atomic E-state index is 8.24. The summed E-state index contributed by atoms with van der Waals surface area (Å²) in [4.78, 5) is 5.35. The molecular weight excluding hydrogens is 327 g/mol. The predicted octanol–water partition coefficient (Wildman–Crippen LogP) is 3.56. The van der Waals surface area contributed by atoms with Crippen molar-refractivity contribution in [1.82, 2.24) is 9.88 Å². The Balaban J connectivity index is 2.56. The third-order valence-electron chi connectivity index (χ3n) is 2.92. The molecule has 1 heterocycles. The van der Waals surface area contributed by atoms with Crippen molar-refractivity contribution in [2.75, 3.05) is 7.05 Å². The summed E-state index contributed by atoms with van der Waals surface area (Å²) in [7, 11) is 1.65. The average molecular weight is 339 g/mol. The van der Waals surface area contributed by atoms with Gasteiger partial charge in [0.1, 0.15) is 16.1 Å². The van der Waals surface area contributed by atoms with E-state index in [-0.39, 0.29) is 10.9 Å². The SMILES string of the molecule is CN(C(=N)c1ccccc1-c1cc(Cl)nc(Cl)c1)C(N)=S. The van der Waals surface area contributed by atoms with Crippen LogP contribution in [0.15, 0.2) is 36.4 Å². The van der Waals surface area contributed by atoms with Crippen molar-refractivity contribution < 1.29 is 0 Å². The summed E-state index contributed by atoms with van der Waals surface area (Å²) in [6.07, 6.45) is 0. The summed E-state index contributed by atoms with van der Waals surface area (Å²) in [6, 6.07) is 10.8. The number of thiocarbonyl (C=S) groups is 1. The number of halogens is 2. The fraction of sp³-hybridized carbons (Fsp3) is 0.0714. The Bertz CT molecular complexity index is 698. The molecule has 0 unspecified atom stereocenters. The van der Waals surface area contributed by atoms with E-state index in [9.17, 15) is 0 Å². The first-order chi connectivity index (χ1) is 9.90. The zero-order chi connectivity index (χ0) is 15.6. The van der Waals surface area contributed by atoms with Gasteiger partial charge >= 0.3 is 0 Å². The van der Waals surface area contributed by atoms with Crippen molar-refractivity contribution in [3.05, 3.63) is 52.3 Å². The fourth-order valence-corrected chi connectivity index (χ4v) is 2.40. The largest absolute Gasteiger partial charge is 0.376 e.